The molecule has 2 atom stereocenters. The number of nitrogens with one attached hydrogen (secondary N) is 1. The van der Waals surface area contributed by atoms with Crippen LogP contribution in [-0.4, -0.2) is 35.7 Å². The molecule has 4 nitrogen and oxygen atoms in total. The molecule has 0 saturated heterocycles. The number of benzene rings is 1. The highest BCUT2D eigenvalue weighted by atomic mass is 35.5. The van der Waals surface area contributed by atoms with Gasteiger partial charge in [0.15, 0.2) is 0 Å². The Bertz CT molecular complexity index is 467. The molecule has 0 radical (unpaired) electrons. The summed E-state index contributed by atoms with van der Waals surface area (Å²) in [5.41, 5.74) is 0.900. The van der Waals surface area contributed by atoms with Crippen LogP contribution in [0.3, 0.4) is 0 Å². The molecule has 1 aromatic rings. The number of nitrogens with zero attached hydrogens (tertiary/aromatic N) is 1. The molecule has 1 aliphatic rings. The number of urea groups is 1. The Morgan fingerprint density at radius 2 is 2.20 bits per heavy atom. The van der Waals surface area contributed by atoms with Gasteiger partial charge in [0.25, 0.3) is 0 Å². The minimum absolute atomic E-state index is 0.135. The van der Waals surface area contributed by atoms with Crippen LogP contribution in [0.5, 0.6) is 0 Å². The van der Waals surface area contributed by atoms with Crippen molar-refractivity contribution < 1.29 is 9.90 Å². The fourth-order valence-corrected chi connectivity index (χ4v) is 2.82. The lowest BCUT2D eigenvalue weighted by Gasteiger charge is -2.23. The van der Waals surface area contributed by atoms with Crippen LogP contribution in [0.25, 0.3) is 0 Å². The van der Waals surface area contributed by atoms with Gasteiger partial charge in [0, 0.05) is 31.1 Å². The first-order chi connectivity index (χ1) is 9.58. The highest BCUT2D eigenvalue weighted by Gasteiger charge is 2.27. The maximum absolute atomic E-state index is 12.0. The van der Waals surface area contributed by atoms with Crippen molar-refractivity contribution in [2.24, 2.45) is 5.92 Å². The lowest BCUT2D eigenvalue weighted by atomic mass is 10.1. The number of hydrogen-bond donors (Lipinski definition) is 2. The van der Waals surface area contributed by atoms with E-state index in [1.54, 1.807) is 11.9 Å². The predicted molar refractivity (Wildman–Crippen MR) is 79.7 cm³/mol. The second-order valence-electron chi connectivity index (χ2n) is 5.39. The van der Waals surface area contributed by atoms with E-state index < -0.39 is 0 Å². The number of hydrogen-bond acceptors (Lipinski definition) is 2. The van der Waals surface area contributed by atoms with Crippen LogP contribution in [0.4, 0.5) is 4.79 Å². The maximum atomic E-state index is 12.0. The van der Waals surface area contributed by atoms with Crippen LogP contribution in [0, 0.1) is 5.92 Å². The first-order valence-corrected chi connectivity index (χ1v) is 7.36. The van der Waals surface area contributed by atoms with E-state index >= 15 is 0 Å². The molecule has 5 heteroatoms. The van der Waals surface area contributed by atoms with Gasteiger partial charge in [0.05, 0.1) is 6.10 Å². The van der Waals surface area contributed by atoms with Crippen molar-refractivity contribution in [1.29, 1.82) is 0 Å². The minimum Gasteiger partial charge on any atom is -0.393 e. The predicted octanol–water partition coefficient (Wildman–Crippen LogP) is 2.64. The van der Waals surface area contributed by atoms with Crippen LogP contribution in [0.2, 0.25) is 5.02 Å². The number of amides is 2. The third-order valence-corrected chi connectivity index (χ3v) is 4.23. The highest BCUT2D eigenvalue weighted by Crippen LogP contribution is 2.26. The summed E-state index contributed by atoms with van der Waals surface area (Å²) in [5, 5.41) is 13.3. The van der Waals surface area contributed by atoms with Gasteiger partial charge >= 0.3 is 6.03 Å². The van der Waals surface area contributed by atoms with E-state index in [2.05, 4.69) is 5.32 Å². The summed E-state index contributed by atoms with van der Waals surface area (Å²) in [6.07, 6.45) is 2.61. The van der Waals surface area contributed by atoms with Crippen LogP contribution in [0.15, 0.2) is 24.3 Å². The molecule has 0 bridgehead atoms. The van der Waals surface area contributed by atoms with E-state index in [9.17, 15) is 9.90 Å². The van der Waals surface area contributed by atoms with E-state index in [1.165, 1.54) is 0 Å². The van der Waals surface area contributed by atoms with Gasteiger partial charge in [-0.05, 0) is 24.5 Å². The Morgan fingerprint density at radius 1 is 1.45 bits per heavy atom. The summed E-state index contributed by atoms with van der Waals surface area (Å²) >= 11 is 6.05. The van der Waals surface area contributed by atoms with E-state index in [-0.39, 0.29) is 18.1 Å². The zero-order valence-electron chi connectivity index (χ0n) is 11.7. The maximum Gasteiger partial charge on any atom is 0.317 e. The average molecular weight is 297 g/mol. The van der Waals surface area contributed by atoms with Crippen molar-refractivity contribution in [3.63, 3.8) is 0 Å². The van der Waals surface area contributed by atoms with E-state index in [0.717, 1.165) is 24.8 Å². The highest BCUT2D eigenvalue weighted by molar-refractivity contribution is 6.31. The SMILES string of the molecule is CN(CC1CCCC1O)C(=O)NCc1ccccc1Cl. The number of carbonyl (C=O) groups is 1. The third kappa shape index (κ3) is 3.87. The Labute approximate surface area is 124 Å². The van der Waals surface area contributed by atoms with Gasteiger partial charge in [-0.3, -0.25) is 0 Å². The number of rotatable bonds is 4. The normalized spacial score (nSPS) is 21.8. The molecule has 1 aliphatic carbocycles. The molecule has 2 amide bonds. The van der Waals surface area contributed by atoms with Gasteiger partial charge in [0.1, 0.15) is 0 Å². The summed E-state index contributed by atoms with van der Waals surface area (Å²) in [4.78, 5) is 13.6. The molecule has 0 spiro atoms. The van der Waals surface area contributed by atoms with Crippen LogP contribution in [0.1, 0.15) is 24.8 Å². The first kappa shape index (κ1) is 15.1. The van der Waals surface area contributed by atoms with Crippen molar-refractivity contribution in [3.8, 4) is 0 Å². The molecule has 110 valence electrons. The van der Waals surface area contributed by atoms with Crippen molar-refractivity contribution >= 4 is 17.6 Å². The van der Waals surface area contributed by atoms with Gasteiger partial charge in [-0.1, -0.05) is 36.2 Å². The van der Waals surface area contributed by atoms with E-state index in [1.807, 2.05) is 24.3 Å². The second-order valence-corrected chi connectivity index (χ2v) is 5.80. The quantitative estimate of drug-likeness (QED) is 0.897. The molecule has 0 aromatic heterocycles. The molecule has 1 saturated carbocycles. The standard InChI is InChI=1S/C15H21ClN2O2/c1-18(10-12-6-4-8-14(12)19)15(20)17-9-11-5-2-3-7-13(11)16/h2-3,5,7,12,14,19H,4,6,8-10H2,1H3,(H,17,20). The first-order valence-electron chi connectivity index (χ1n) is 6.98. The molecule has 0 aliphatic heterocycles. The van der Waals surface area contributed by atoms with Gasteiger partial charge in [-0.15, -0.1) is 0 Å². The Balaban J connectivity index is 1.81. The van der Waals surface area contributed by atoms with Gasteiger partial charge in [-0.25, -0.2) is 4.79 Å². The fraction of sp³-hybridized carbons (Fsp3) is 0.533. The molecule has 2 rings (SSSR count). The van der Waals surface area contributed by atoms with Crippen LogP contribution >= 0.6 is 11.6 Å². The van der Waals surface area contributed by atoms with Crippen molar-refractivity contribution in [1.82, 2.24) is 10.2 Å². The lowest BCUT2D eigenvalue weighted by molar-refractivity contribution is 0.114. The third-order valence-electron chi connectivity index (χ3n) is 3.86. The smallest absolute Gasteiger partial charge is 0.317 e. The minimum atomic E-state index is -0.270. The number of carbonyl (C=O) groups excluding carboxylic acids is 1. The number of aliphatic hydroxyl groups excluding tert-OH is 1. The Morgan fingerprint density at radius 3 is 2.85 bits per heavy atom. The fourth-order valence-electron chi connectivity index (χ4n) is 2.61. The van der Waals surface area contributed by atoms with Gasteiger partial charge < -0.3 is 15.3 Å². The van der Waals surface area contributed by atoms with Crippen molar-refractivity contribution in [2.75, 3.05) is 13.6 Å². The molecule has 2 unspecified atom stereocenters. The Hall–Kier alpha value is -1.26. The van der Waals surface area contributed by atoms with Crippen LogP contribution in [-0.2, 0) is 6.54 Å². The number of halogens is 1. The average Bonchev–Trinajstić information content (AvgIpc) is 2.83. The van der Waals surface area contributed by atoms with E-state index in [0.29, 0.717) is 18.1 Å². The molecule has 1 aromatic carbocycles. The van der Waals surface area contributed by atoms with Crippen molar-refractivity contribution in [3.05, 3.63) is 34.9 Å². The zero-order chi connectivity index (χ0) is 14.5. The zero-order valence-corrected chi connectivity index (χ0v) is 12.4. The summed E-state index contributed by atoms with van der Waals surface area (Å²) < 4.78 is 0. The van der Waals surface area contributed by atoms with E-state index in [4.69, 9.17) is 11.6 Å². The molecule has 20 heavy (non-hydrogen) atoms. The summed E-state index contributed by atoms with van der Waals surface area (Å²) in [7, 11) is 1.76. The lowest BCUT2D eigenvalue weighted by Crippen LogP contribution is -2.40. The topological polar surface area (TPSA) is 52.6 Å². The summed E-state index contributed by atoms with van der Waals surface area (Å²) in [6.45, 7) is 1.01. The summed E-state index contributed by atoms with van der Waals surface area (Å²) in [6, 6.07) is 7.32. The van der Waals surface area contributed by atoms with Gasteiger partial charge in [0.2, 0.25) is 0 Å². The van der Waals surface area contributed by atoms with Crippen LogP contribution < -0.4 is 5.32 Å². The Kier molecular flexibility index (Phi) is 5.26. The molecule has 1 fully saturated rings. The molecular formula is C15H21ClN2O2. The summed E-state index contributed by atoms with van der Waals surface area (Å²) in [5.74, 6) is 0.200. The second kappa shape index (κ2) is 6.95. The largest absolute Gasteiger partial charge is 0.393 e. The monoisotopic (exact) mass is 296 g/mol. The van der Waals surface area contributed by atoms with Crippen molar-refractivity contribution in [2.45, 2.75) is 31.9 Å². The number of aliphatic hydroxyl groups is 1. The molecule has 2 N–H and O–H groups in total. The van der Waals surface area contributed by atoms with Gasteiger partial charge in [-0.2, -0.15) is 0 Å². The molecule has 0 heterocycles. The molecular weight excluding hydrogens is 276 g/mol.